The molecule has 0 bridgehead atoms. The molecule has 0 fully saturated rings. The molecule has 0 spiro atoms. The maximum absolute atomic E-state index is 12.8. The molecule has 0 radical (unpaired) electrons. The smallest absolute Gasteiger partial charge is 0.342 e. The van der Waals surface area contributed by atoms with E-state index in [0.717, 1.165) is 19.3 Å². The van der Waals surface area contributed by atoms with Gasteiger partial charge in [0.1, 0.15) is 23.5 Å². The molecule has 1 aliphatic rings. The number of hydrogen-bond acceptors (Lipinski definition) is 7. The minimum Gasteiger partial charge on any atom is -0.467 e. The second-order valence-electron chi connectivity index (χ2n) is 6.17. The highest BCUT2D eigenvalue weighted by Gasteiger charge is 2.41. The van der Waals surface area contributed by atoms with Gasteiger partial charge in [-0.05, 0) is 34.8 Å². The number of benzene rings is 1. The first kappa shape index (κ1) is 21.9. The molecule has 8 heteroatoms. The topological polar surface area (TPSA) is 72.5 Å². The summed E-state index contributed by atoms with van der Waals surface area (Å²) in [5.74, 6) is 0.373. The Morgan fingerprint density at radius 2 is 1.81 bits per heavy atom. The van der Waals surface area contributed by atoms with E-state index < -0.39 is 12.1 Å². The molecular weight excluding hydrogens is 420 g/mol. The summed E-state index contributed by atoms with van der Waals surface area (Å²) in [7, 11) is 4.64. The first-order valence-corrected chi connectivity index (χ1v) is 9.71. The monoisotopic (exact) mass is 446 g/mol. The molecule has 2 atom stereocenters. The molecule has 1 aromatic rings. The van der Waals surface area contributed by atoms with Crippen LogP contribution in [0.4, 0.5) is 0 Å². The van der Waals surface area contributed by atoms with Gasteiger partial charge in [-0.15, -0.1) is 0 Å². The lowest BCUT2D eigenvalue weighted by Crippen LogP contribution is -2.34. The Bertz CT molecular complexity index is 635. The van der Waals surface area contributed by atoms with Gasteiger partial charge < -0.3 is 28.4 Å². The molecule has 0 aromatic heterocycles. The Kier molecular flexibility index (Phi) is 8.82. The van der Waals surface area contributed by atoms with Crippen LogP contribution in [0.25, 0.3) is 0 Å². The summed E-state index contributed by atoms with van der Waals surface area (Å²) in [6, 6.07) is 1.75. The van der Waals surface area contributed by atoms with Gasteiger partial charge in [0.05, 0.1) is 4.47 Å². The number of carbonyl (C=O) groups excluding carboxylic acids is 1. The highest BCUT2D eigenvalue weighted by Crippen LogP contribution is 2.47. The number of carbonyl (C=O) groups is 1. The second kappa shape index (κ2) is 10.8. The van der Waals surface area contributed by atoms with Crippen molar-refractivity contribution in [3.63, 3.8) is 0 Å². The number of unbranched alkanes of at least 4 members (excludes halogenated alkanes) is 2. The number of fused-ring (bicyclic) bond motifs is 1. The lowest BCUT2D eigenvalue weighted by Gasteiger charge is -2.34. The third-order valence-corrected chi connectivity index (χ3v) is 4.91. The number of cyclic esters (lactones) is 1. The second-order valence-corrected chi connectivity index (χ2v) is 7.03. The number of halogens is 1. The molecule has 152 valence electrons. The summed E-state index contributed by atoms with van der Waals surface area (Å²) in [5, 5.41) is 0. The number of esters is 1. The van der Waals surface area contributed by atoms with Crippen molar-refractivity contribution in [2.24, 2.45) is 0 Å². The van der Waals surface area contributed by atoms with Gasteiger partial charge in [-0.25, -0.2) is 4.79 Å². The fourth-order valence-electron chi connectivity index (χ4n) is 3.13. The van der Waals surface area contributed by atoms with Gasteiger partial charge in [0, 0.05) is 26.9 Å². The zero-order valence-corrected chi connectivity index (χ0v) is 17.8. The lowest BCUT2D eigenvalue weighted by molar-refractivity contribution is -0.0535. The van der Waals surface area contributed by atoms with Crippen molar-refractivity contribution in [3.8, 4) is 11.5 Å². The first-order valence-electron chi connectivity index (χ1n) is 8.92. The predicted octanol–water partition coefficient (Wildman–Crippen LogP) is 4.22. The normalized spacial score (nSPS) is 18.8. The molecule has 1 heterocycles. The minimum atomic E-state index is -0.463. The van der Waals surface area contributed by atoms with E-state index in [9.17, 15) is 4.79 Å². The van der Waals surface area contributed by atoms with Gasteiger partial charge in [-0.3, -0.25) is 0 Å². The van der Waals surface area contributed by atoms with Crippen molar-refractivity contribution < 1.29 is 33.2 Å². The van der Waals surface area contributed by atoms with Crippen LogP contribution in [0.3, 0.4) is 0 Å². The lowest BCUT2D eigenvalue weighted by atomic mass is 9.91. The predicted molar refractivity (Wildman–Crippen MR) is 102 cm³/mol. The Balaban J connectivity index is 2.51. The van der Waals surface area contributed by atoms with Crippen molar-refractivity contribution in [1.29, 1.82) is 0 Å². The Morgan fingerprint density at radius 1 is 1.11 bits per heavy atom. The van der Waals surface area contributed by atoms with Crippen molar-refractivity contribution in [2.75, 3.05) is 34.9 Å². The van der Waals surface area contributed by atoms with Crippen LogP contribution in [-0.4, -0.2) is 47.0 Å². The van der Waals surface area contributed by atoms with Crippen LogP contribution < -0.4 is 9.47 Å². The third-order valence-electron chi connectivity index (χ3n) is 4.32. The fraction of sp³-hybridized carbons (Fsp3) is 0.632. The SMILES string of the molecule is CCCCC[C@@H]1OC(=O)c2c(OCOC)c(Br)cc(OCOC)c2[C@H]1OC. The van der Waals surface area contributed by atoms with Crippen LogP contribution in [0.5, 0.6) is 11.5 Å². The molecule has 0 N–H and O–H groups in total. The maximum Gasteiger partial charge on any atom is 0.342 e. The molecule has 0 saturated carbocycles. The van der Waals surface area contributed by atoms with Gasteiger partial charge in [0.15, 0.2) is 19.3 Å². The van der Waals surface area contributed by atoms with Gasteiger partial charge in [-0.1, -0.05) is 19.8 Å². The van der Waals surface area contributed by atoms with E-state index in [4.69, 9.17) is 28.4 Å². The van der Waals surface area contributed by atoms with Crippen LogP contribution in [-0.2, 0) is 18.9 Å². The van der Waals surface area contributed by atoms with Crippen LogP contribution in [0.1, 0.15) is 54.6 Å². The molecule has 27 heavy (non-hydrogen) atoms. The molecule has 1 aromatic carbocycles. The fourth-order valence-corrected chi connectivity index (χ4v) is 3.65. The van der Waals surface area contributed by atoms with E-state index in [1.807, 2.05) is 0 Å². The quantitative estimate of drug-likeness (QED) is 0.286. The summed E-state index contributed by atoms with van der Waals surface area (Å²) in [6.07, 6.45) is 2.96. The first-order chi connectivity index (χ1) is 13.1. The molecule has 1 aliphatic heterocycles. The minimum absolute atomic E-state index is 0.00578. The number of methoxy groups -OCH3 is 3. The molecule has 0 saturated heterocycles. The standard InChI is InChI=1S/C19H27BrO7/c1-5-6-7-8-13-18(24-4)15-14(25-10-22-2)9-12(20)17(26-11-23-3)16(15)19(21)27-13/h9,13,18H,5-8,10-11H2,1-4H3/t13-,18-/m0/s1. The van der Waals surface area contributed by atoms with E-state index in [-0.39, 0.29) is 25.3 Å². The van der Waals surface area contributed by atoms with Gasteiger partial charge >= 0.3 is 5.97 Å². The highest BCUT2D eigenvalue weighted by atomic mass is 79.9. The summed E-state index contributed by atoms with van der Waals surface area (Å²) in [5.41, 5.74) is 0.896. The van der Waals surface area contributed by atoms with E-state index >= 15 is 0 Å². The molecule has 0 amide bonds. The molecule has 0 aliphatic carbocycles. The Morgan fingerprint density at radius 3 is 2.44 bits per heavy atom. The van der Waals surface area contributed by atoms with Gasteiger partial charge in [0.25, 0.3) is 0 Å². The van der Waals surface area contributed by atoms with Crippen LogP contribution in [0.2, 0.25) is 0 Å². The highest BCUT2D eigenvalue weighted by molar-refractivity contribution is 9.10. The van der Waals surface area contributed by atoms with Gasteiger partial charge in [0.2, 0.25) is 0 Å². The summed E-state index contributed by atoms with van der Waals surface area (Å²) in [4.78, 5) is 12.8. The Hall–Kier alpha value is -1.35. The summed E-state index contributed by atoms with van der Waals surface area (Å²) in [6.45, 7) is 2.17. The Labute approximate surface area is 168 Å². The molecule has 7 nitrogen and oxygen atoms in total. The van der Waals surface area contributed by atoms with E-state index in [2.05, 4.69) is 22.9 Å². The van der Waals surface area contributed by atoms with E-state index in [0.29, 0.717) is 28.0 Å². The average Bonchev–Trinajstić information content (AvgIpc) is 2.66. The summed E-state index contributed by atoms with van der Waals surface area (Å²) < 4.78 is 33.4. The number of ether oxygens (including phenoxy) is 6. The molecule has 0 unspecified atom stereocenters. The largest absolute Gasteiger partial charge is 0.467 e. The van der Waals surface area contributed by atoms with Crippen LogP contribution in [0, 0.1) is 0 Å². The maximum atomic E-state index is 12.8. The van der Waals surface area contributed by atoms with Crippen molar-refractivity contribution in [1.82, 2.24) is 0 Å². The zero-order valence-electron chi connectivity index (χ0n) is 16.2. The summed E-state index contributed by atoms with van der Waals surface area (Å²) >= 11 is 3.43. The molecular formula is C19H27BrO7. The zero-order chi connectivity index (χ0) is 19.8. The average molecular weight is 447 g/mol. The van der Waals surface area contributed by atoms with E-state index in [1.165, 1.54) is 14.2 Å². The van der Waals surface area contributed by atoms with Crippen LogP contribution >= 0.6 is 15.9 Å². The number of rotatable bonds is 11. The number of hydrogen-bond donors (Lipinski definition) is 0. The third kappa shape index (κ3) is 5.13. The van der Waals surface area contributed by atoms with E-state index in [1.54, 1.807) is 13.2 Å². The van der Waals surface area contributed by atoms with Crippen molar-refractivity contribution >= 4 is 21.9 Å². The van der Waals surface area contributed by atoms with Gasteiger partial charge in [-0.2, -0.15) is 0 Å². The van der Waals surface area contributed by atoms with Crippen LogP contribution in [0.15, 0.2) is 10.5 Å². The van der Waals surface area contributed by atoms with Crippen molar-refractivity contribution in [2.45, 2.75) is 44.8 Å². The molecule has 2 rings (SSSR count). The van der Waals surface area contributed by atoms with Crippen molar-refractivity contribution in [3.05, 3.63) is 21.7 Å².